The van der Waals surface area contributed by atoms with Crippen LogP contribution >= 0.6 is 18.6 Å². The molecule has 296 valence electrons. The Hall–Kier alpha value is -6.09. The van der Waals surface area contributed by atoms with Gasteiger partial charge in [0, 0.05) is 25.9 Å². The third-order valence-corrected chi connectivity index (χ3v) is 14.2. The van der Waals surface area contributed by atoms with Gasteiger partial charge in [0.2, 0.25) is 18.5 Å². The lowest BCUT2D eigenvalue weighted by Crippen LogP contribution is -2.67. The van der Waals surface area contributed by atoms with Gasteiger partial charge >= 0.3 is 18.1 Å². The van der Waals surface area contributed by atoms with Crippen molar-refractivity contribution in [3.63, 3.8) is 0 Å². The number of esters is 2. The zero-order chi connectivity index (χ0) is 41.3. The minimum absolute atomic E-state index is 0.167. The molecule has 1 aliphatic heterocycles. The molecular formula is C40H37N2O13PS. The van der Waals surface area contributed by atoms with Crippen LogP contribution in [-0.4, -0.2) is 79.6 Å². The number of rotatable bonds is 15. The number of likely N-dealkylation sites (tertiary alicyclic amines) is 1. The van der Waals surface area contributed by atoms with Crippen molar-refractivity contribution in [1.29, 1.82) is 0 Å². The lowest BCUT2D eigenvalue weighted by Gasteiger charge is -2.50. The monoisotopic (exact) mass is 816 g/mol. The fraction of sp³-hybridized carbons (Fsp3) is 0.225. The molecule has 1 amide bonds. The summed E-state index contributed by atoms with van der Waals surface area (Å²) >= 11 is 0.361. The number of ether oxygens (including phenoxy) is 4. The van der Waals surface area contributed by atoms with Crippen LogP contribution < -0.4 is 15.9 Å². The Morgan fingerprint density at radius 1 is 0.807 bits per heavy atom. The van der Waals surface area contributed by atoms with Gasteiger partial charge in [-0.3, -0.25) is 34.2 Å². The van der Waals surface area contributed by atoms with E-state index in [1.807, 2.05) is 0 Å². The summed E-state index contributed by atoms with van der Waals surface area (Å²) in [5, 5.41) is 20.3. The Morgan fingerprint density at radius 3 is 1.77 bits per heavy atom. The SMILES string of the molecule is CC(=O)OCOC(=O)C(N1C(=O)C(C(C)OC(=O)OCc2ccc([N+](=O)[O-])cc2)[C@@H]1SC(=O)C(=O)C(C)O)=P(c1ccccc1)(c1ccccc1)c1ccccc1. The molecule has 4 aromatic rings. The number of Topliss-reactive ketones (excluding diaryl/α,β-unsaturated/α-hetero) is 1. The van der Waals surface area contributed by atoms with Crippen molar-refractivity contribution in [1.82, 2.24) is 4.90 Å². The summed E-state index contributed by atoms with van der Waals surface area (Å²) in [6, 6.07) is 31.8. The Morgan fingerprint density at radius 2 is 1.32 bits per heavy atom. The van der Waals surface area contributed by atoms with E-state index in [-0.39, 0.29) is 17.7 Å². The molecule has 5 rings (SSSR count). The number of aliphatic hydroxyl groups excluding tert-OH is 1. The van der Waals surface area contributed by atoms with Crippen LogP contribution in [0.5, 0.6) is 0 Å². The number of hydrogen-bond donors (Lipinski definition) is 1. The molecule has 0 bridgehead atoms. The van der Waals surface area contributed by atoms with E-state index < -0.39 is 77.0 Å². The van der Waals surface area contributed by atoms with E-state index in [2.05, 4.69) is 0 Å². The summed E-state index contributed by atoms with van der Waals surface area (Å²) in [5.41, 5.74) is 0.00316. The van der Waals surface area contributed by atoms with E-state index >= 15 is 0 Å². The van der Waals surface area contributed by atoms with Gasteiger partial charge in [0.05, 0.1) is 4.92 Å². The maximum Gasteiger partial charge on any atom is 0.508 e. The van der Waals surface area contributed by atoms with Crippen molar-refractivity contribution in [2.45, 2.75) is 45.0 Å². The van der Waals surface area contributed by atoms with E-state index in [0.717, 1.165) is 18.7 Å². The number of carbonyl (C=O) groups is 6. The van der Waals surface area contributed by atoms with Gasteiger partial charge in [-0.1, -0.05) is 103 Å². The molecule has 4 aromatic carbocycles. The topological polar surface area (TPSA) is 206 Å². The molecule has 4 atom stereocenters. The fourth-order valence-corrected chi connectivity index (χ4v) is 11.9. The molecule has 1 aliphatic rings. The van der Waals surface area contributed by atoms with Crippen LogP contribution in [0.15, 0.2) is 115 Å². The van der Waals surface area contributed by atoms with Gasteiger partial charge in [-0.2, -0.15) is 0 Å². The standard InChI is InChI=1S/C40H37N2O13PS/c1-25(43)34(45)39(48)57-37-33(26(2)55-40(49)52-23-28-19-21-29(22-20-28)42(50)51)35(46)41(37)36(38(47)54-24-53-27(3)44)56(30-13-7-4-8-14-30,31-15-9-5-10-16-31)32-17-11-6-12-18-32/h4-22,25-26,33,37,43H,23-24H2,1-3H3/t25?,26?,33?,37-/m0/s1. The van der Waals surface area contributed by atoms with Crippen LogP contribution in [0.3, 0.4) is 0 Å². The Kier molecular flexibility index (Phi) is 13.8. The number of nitro benzene ring substituents is 1. The van der Waals surface area contributed by atoms with E-state index in [1.54, 1.807) is 91.0 Å². The number of ketones is 1. The minimum Gasteiger partial charge on any atom is -0.430 e. The maximum atomic E-state index is 14.7. The molecule has 0 saturated carbocycles. The van der Waals surface area contributed by atoms with Crippen LogP contribution in [0.25, 0.3) is 0 Å². The molecule has 1 saturated heterocycles. The predicted molar refractivity (Wildman–Crippen MR) is 210 cm³/mol. The molecule has 0 radical (unpaired) electrons. The molecule has 0 aromatic heterocycles. The second-order valence-corrected chi connectivity index (χ2v) is 16.9. The highest BCUT2D eigenvalue weighted by atomic mass is 32.2. The Bertz CT molecular complexity index is 2100. The number of non-ortho nitro benzene ring substituents is 1. The summed E-state index contributed by atoms with van der Waals surface area (Å²) in [7, 11) is 0. The normalized spacial score (nSPS) is 15.9. The molecule has 1 heterocycles. The van der Waals surface area contributed by atoms with Gasteiger partial charge in [0.25, 0.3) is 10.8 Å². The molecule has 17 heteroatoms. The van der Waals surface area contributed by atoms with Gasteiger partial charge in [-0.25, -0.2) is 9.59 Å². The molecule has 57 heavy (non-hydrogen) atoms. The summed E-state index contributed by atoms with van der Waals surface area (Å²) < 4.78 is 21.2. The average molecular weight is 817 g/mol. The number of aliphatic hydroxyl groups is 1. The average Bonchev–Trinajstić information content (AvgIpc) is 3.20. The van der Waals surface area contributed by atoms with Gasteiger partial charge in [0.1, 0.15) is 35.5 Å². The first-order valence-corrected chi connectivity index (χ1v) is 20.0. The van der Waals surface area contributed by atoms with Crippen molar-refractivity contribution in [3.8, 4) is 0 Å². The summed E-state index contributed by atoms with van der Waals surface area (Å²) in [5.74, 6) is -5.14. The van der Waals surface area contributed by atoms with E-state index in [4.69, 9.17) is 18.9 Å². The summed E-state index contributed by atoms with van der Waals surface area (Å²) in [4.78, 5) is 91.8. The highest BCUT2D eigenvalue weighted by Crippen LogP contribution is 2.51. The number of nitro groups is 1. The van der Waals surface area contributed by atoms with Crippen LogP contribution in [0.2, 0.25) is 0 Å². The predicted octanol–water partition coefficient (Wildman–Crippen LogP) is 3.82. The smallest absolute Gasteiger partial charge is 0.430 e. The van der Waals surface area contributed by atoms with Crippen molar-refractivity contribution in [2.24, 2.45) is 5.92 Å². The van der Waals surface area contributed by atoms with Crippen molar-refractivity contribution < 1.29 is 57.7 Å². The number of carbonyl (C=O) groups excluding carboxylic acids is 6. The van der Waals surface area contributed by atoms with Crippen LogP contribution in [0, 0.1) is 16.0 Å². The Labute approximate surface area is 331 Å². The third kappa shape index (κ3) is 9.31. The van der Waals surface area contributed by atoms with E-state index in [0.29, 0.717) is 33.2 Å². The highest BCUT2D eigenvalue weighted by Gasteiger charge is 2.58. The first kappa shape index (κ1) is 42.1. The van der Waals surface area contributed by atoms with Crippen molar-refractivity contribution in [3.05, 3.63) is 131 Å². The van der Waals surface area contributed by atoms with Crippen LogP contribution in [0.1, 0.15) is 26.3 Å². The molecule has 0 aliphatic carbocycles. The quantitative estimate of drug-likeness (QED) is 0.0345. The van der Waals surface area contributed by atoms with Crippen molar-refractivity contribution in [2.75, 3.05) is 6.79 Å². The van der Waals surface area contributed by atoms with E-state index in [1.165, 1.54) is 31.2 Å². The van der Waals surface area contributed by atoms with Gasteiger partial charge in [-0.15, -0.1) is 0 Å². The largest absolute Gasteiger partial charge is 0.508 e. The zero-order valence-corrected chi connectivity index (χ0v) is 32.5. The number of thioether (sulfide) groups is 1. The number of nitrogens with zero attached hydrogens (tertiary/aromatic N) is 2. The fourth-order valence-electron chi connectivity index (χ4n) is 6.12. The molecule has 0 spiro atoms. The highest BCUT2D eigenvalue weighted by molar-refractivity contribution is 8.16. The number of β-lactam (4-membered cyclic amide) rings is 1. The van der Waals surface area contributed by atoms with Crippen molar-refractivity contribution >= 4 is 80.6 Å². The van der Waals surface area contributed by atoms with Crippen LogP contribution in [0.4, 0.5) is 10.5 Å². The van der Waals surface area contributed by atoms with Crippen LogP contribution in [-0.2, 0) is 49.5 Å². The second-order valence-electron chi connectivity index (χ2n) is 12.5. The minimum atomic E-state index is -3.53. The van der Waals surface area contributed by atoms with E-state index in [9.17, 15) is 44.0 Å². The molecule has 3 unspecified atom stereocenters. The molecule has 1 N–H and O–H groups in total. The number of hydrogen-bond acceptors (Lipinski definition) is 14. The lowest BCUT2D eigenvalue weighted by molar-refractivity contribution is -0.384. The first-order chi connectivity index (χ1) is 27.3. The summed E-state index contributed by atoms with van der Waals surface area (Å²) in [6.45, 7) is -1.09. The maximum absolute atomic E-state index is 14.7. The first-order valence-electron chi connectivity index (χ1n) is 17.3. The number of amides is 1. The number of benzene rings is 4. The molecular weight excluding hydrogens is 779 g/mol. The lowest BCUT2D eigenvalue weighted by atomic mass is 9.92. The molecule has 15 nitrogen and oxygen atoms in total. The van der Waals surface area contributed by atoms with Gasteiger partial charge < -0.3 is 24.1 Å². The van der Waals surface area contributed by atoms with Gasteiger partial charge in [0.15, 0.2) is 0 Å². The molecule has 1 fully saturated rings. The third-order valence-electron chi connectivity index (χ3n) is 8.80. The Balaban J connectivity index is 1.67. The van der Waals surface area contributed by atoms with Gasteiger partial charge in [-0.05, 0) is 47.5 Å². The zero-order valence-electron chi connectivity index (χ0n) is 30.8. The second kappa shape index (κ2) is 18.7. The summed E-state index contributed by atoms with van der Waals surface area (Å²) in [6.07, 6.45) is -4.23.